The summed E-state index contributed by atoms with van der Waals surface area (Å²) in [5.41, 5.74) is 0.342. The Kier molecular flexibility index (Phi) is 4.74. The number of amides is 1. The zero-order valence-corrected chi connectivity index (χ0v) is 14.6. The summed E-state index contributed by atoms with van der Waals surface area (Å²) in [5, 5.41) is 10.7. The molecule has 7 nitrogen and oxygen atoms in total. The van der Waals surface area contributed by atoms with Crippen molar-refractivity contribution in [2.45, 2.75) is 0 Å². The number of nitrogens with one attached hydrogen (secondary N) is 1. The molecule has 3 aromatic rings. The van der Waals surface area contributed by atoms with Crippen LogP contribution in [-0.4, -0.2) is 25.7 Å². The van der Waals surface area contributed by atoms with Gasteiger partial charge in [0.2, 0.25) is 0 Å². The van der Waals surface area contributed by atoms with Crippen LogP contribution >= 0.6 is 22.6 Å². The fourth-order valence-electron chi connectivity index (χ4n) is 2.18. The SMILES string of the molecule is O=C(O)Nc1cc(-n2cc(-c3ncccn3)cc(I)c2=O)ccc1F. The number of pyridine rings is 1. The van der Waals surface area contributed by atoms with Gasteiger partial charge >= 0.3 is 6.09 Å². The summed E-state index contributed by atoms with van der Waals surface area (Å²) in [5.74, 6) is -0.309. The molecule has 2 heterocycles. The zero-order chi connectivity index (χ0) is 18.0. The normalized spacial score (nSPS) is 10.5. The van der Waals surface area contributed by atoms with E-state index in [0.29, 0.717) is 20.6 Å². The second kappa shape index (κ2) is 6.97. The van der Waals surface area contributed by atoms with Crippen LogP contribution in [0.25, 0.3) is 17.1 Å². The number of carboxylic acid groups (broad SMARTS) is 1. The van der Waals surface area contributed by atoms with Gasteiger partial charge in [-0.15, -0.1) is 0 Å². The first-order valence-corrected chi connectivity index (χ1v) is 8.03. The number of hydrogen-bond donors (Lipinski definition) is 2. The molecule has 1 amide bonds. The van der Waals surface area contributed by atoms with Gasteiger partial charge in [0.05, 0.1) is 14.9 Å². The number of carbonyl (C=O) groups is 1. The Labute approximate surface area is 154 Å². The zero-order valence-electron chi connectivity index (χ0n) is 12.5. The van der Waals surface area contributed by atoms with Crippen molar-refractivity contribution >= 4 is 34.4 Å². The van der Waals surface area contributed by atoms with Crippen molar-refractivity contribution in [2.24, 2.45) is 0 Å². The minimum atomic E-state index is -1.40. The molecule has 0 saturated carbocycles. The molecule has 0 aliphatic heterocycles. The van der Waals surface area contributed by atoms with Gasteiger partial charge in [0.25, 0.3) is 5.56 Å². The molecule has 126 valence electrons. The van der Waals surface area contributed by atoms with Crippen LogP contribution < -0.4 is 10.9 Å². The van der Waals surface area contributed by atoms with E-state index < -0.39 is 11.9 Å². The molecule has 0 fully saturated rings. The quantitative estimate of drug-likeness (QED) is 0.596. The molecule has 0 bridgehead atoms. The molecule has 9 heteroatoms. The number of rotatable bonds is 3. The van der Waals surface area contributed by atoms with Crippen molar-refractivity contribution in [3.63, 3.8) is 0 Å². The van der Waals surface area contributed by atoms with Crippen molar-refractivity contribution in [3.8, 4) is 17.1 Å². The number of aromatic nitrogens is 3. The second-order valence-electron chi connectivity index (χ2n) is 4.92. The van der Waals surface area contributed by atoms with Crippen molar-refractivity contribution < 1.29 is 14.3 Å². The van der Waals surface area contributed by atoms with E-state index in [1.165, 1.54) is 22.9 Å². The van der Waals surface area contributed by atoms with Crippen LogP contribution in [0.4, 0.5) is 14.9 Å². The van der Waals surface area contributed by atoms with Crippen LogP contribution in [-0.2, 0) is 0 Å². The highest BCUT2D eigenvalue weighted by Crippen LogP contribution is 2.21. The van der Waals surface area contributed by atoms with E-state index in [0.717, 1.165) is 6.07 Å². The standard InChI is InChI=1S/C16H10FIN4O3/c17-11-3-2-10(7-13(11)21-16(24)25)22-8-9(6-12(18)15(22)23)14-19-4-1-5-20-14/h1-8,21H,(H,24,25). The lowest BCUT2D eigenvalue weighted by molar-refractivity contribution is 0.209. The largest absolute Gasteiger partial charge is 0.465 e. The maximum Gasteiger partial charge on any atom is 0.409 e. The maximum atomic E-state index is 13.7. The minimum Gasteiger partial charge on any atom is -0.465 e. The van der Waals surface area contributed by atoms with Crippen molar-refractivity contribution in [3.05, 3.63) is 68.7 Å². The highest BCUT2D eigenvalue weighted by atomic mass is 127. The molecular formula is C16H10FIN4O3. The van der Waals surface area contributed by atoms with Crippen LogP contribution in [0.15, 0.2) is 53.7 Å². The lowest BCUT2D eigenvalue weighted by atomic mass is 10.2. The molecule has 0 radical (unpaired) electrons. The van der Waals surface area contributed by atoms with Crippen LogP contribution in [0.2, 0.25) is 0 Å². The highest BCUT2D eigenvalue weighted by Gasteiger charge is 2.12. The molecule has 0 spiro atoms. The number of halogens is 2. The maximum absolute atomic E-state index is 13.7. The Morgan fingerprint density at radius 2 is 1.96 bits per heavy atom. The number of anilines is 1. The fourth-order valence-corrected chi connectivity index (χ4v) is 2.78. The van der Waals surface area contributed by atoms with E-state index in [-0.39, 0.29) is 11.2 Å². The fraction of sp³-hybridized carbons (Fsp3) is 0. The van der Waals surface area contributed by atoms with E-state index in [9.17, 15) is 14.0 Å². The summed E-state index contributed by atoms with van der Waals surface area (Å²) in [6, 6.07) is 7.04. The predicted molar refractivity (Wildman–Crippen MR) is 97.4 cm³/mol. The van der Waals surface area contributed by atoms with Crippen molar-refractivity contribution in [1.29, 1.82) is 0 Å². The number of nitrogens with zero attached hydrogens (tertiary/aromatic N) is 3. The van der Waals surface area contributed by atoms with E-state index in [2.05, 4.69) is 9.97 Å². The van der Waals surface area contributed by atoms with Gasteiger partial charge in [-0.05, 0) is 52.9 Å². The molecule has 0 saturated heterocycles. The Balaban J connectivity index is 2.16. The third kappa shape index (κ3) is 3.65. The summed E-state index contributed by atoms with van der Waals surface area (Å²) in [4.78, 5) is 31.5. The van der Waals surface area contributed by atoms with Gasteiger partial charge in [-0.2, -0.15) is 0 Å². The van der Waals surface area contributed by atoms with Gasteiger partial charge in [-0.25, -0.2) is 19.2 Å². The van der Waals surface area contributed by atoms with Gasteiger partial charge in [0, 0.05) is 24.2 Å². The highest BCUT2D eigenvalue weighted by molar-refractivity contribution is 14.1. The first-order chi connectivity index (χ1) is 12.0. The molecule has 2 aromatic heterocycles. The third-order valence-electron chi connectivity index (χ3n) is 3.27. The summed E-state index contributed by atoms with van der Waals surface area (Å²) in [7, 11) is 0. The second-order valence-corrected chi connectivity index (χ2v) is 6.08. The molecular weight excluding hydrogens is 442 g/mol. The van der Waals surface area contributed by atoms with E-state index in [4.69, 9.17) is 5.11 Å². The molecule has 0 aliphatic carbocycles. The lowest BCUT2D eigenvalue weighted by Gasteiger charge is -2.11. The topological polar surface area (TPSA) is 97.1 Å². The van der Waals surface area contributed by atoms with E-state index in [1.807, 2.05) is 27.9 Å². The molecule has 25 heavy (non-hydrogen) atoms. The van der Waals surface area contributed by atoms with Gasteiger partial charge in [-0.3, -0.25) is 14.7 Å². The Hall–Kier alpha value is -2.82. The van der Waals surface area contributed by atoms with Crippen molar-refractivity contribution in [2.75, 3.05) is 5.32 Å². The van der Waals surface area contributed by atoms with E-state index in [1.54, 1.807) is 24.5 Å². The third-order valence-corrected chi connectivity index (χ3v) is 4.04. The lowest BCUT2D eigenvalue weighted by Crippen LogP contribution is -2.21. The summed E-state index contributed by atoms with van der Waals surface area (Å²) in [6.45, 7) is 0. The van der Waals surface area contributed by atoms with E-state index >= 15 is 0 Å². The van der Waals surface area contributed by atoms with Gasteiger partial charge in [0.1, 0.15) is 5.82 Å². The van der Waals surface area contributed by atoms with Crippen LogP contribution in [0.3, 0.4) is 0 Å². The molecule has 3 rings (SSSR count). The minimum absolute atomic E-state index is 0.242. The average molecular weight is 452 g/mol. The monoisotopic (exact) mass is 452 g/mol. The van der Waals surface area contributed by atoms with Gasteiger partial charge in [-0.1, -0.05) is 0 Å². The Morgan fingerprint density at radius 1 is 1.24 bits per heavy atom. The molecule has 0 aliphatic rings. The molecule has 0 unspecified atom stereocenters. The Morgan fingerprint density at radius 3 is 2.64 bits per heavy atom. The molecule has 2 N–H and O–H groups in total. The summed E-state index contributed by atoms with van der Waals surface area (Å²) >= 11 is 1.89. The number of hydrogen-bond acceptors (Lipinski definition) is 4. The van der Waals surface area contributed by atoms with Gasteiger partial charge < -0.3 is 5.11 Å². The van der Waals surface area contributed by atoms with Crippen molar-refractivity contribution in [1.82, 2.24) is 14.5 Å². The Bertz CT molecular complexity index is 1010. The molecule has 0 atom stereocenters. The summed E-state index contributed by atoms with van der Waals surface area (Å²) in [6.07, 6.45) is 3.29. The molecule has 1 aromatic carbocycles. The van der Waals surface area contributed by atoms with Crippen LogP contribution in [0.5, 0.6) is 0 Å². The smallest absolute Gasteiger partial charge is 0.409 e. The first-order valence-electron chi connectivity index (χ1n) is 6.95. The van der Waals surface area contributed by atoms with Crippen LogP contribution in [0.1, 0.15) is 0 Å². The first kappa shape index (κ1) is 17.0. The summed E-state index contributed by atoms with van der Waals surface area (Å²) < 4.78 is 15.4. The van der Waals surface area contributed by atoms with Gasteiger partial charge in [0.15, 0.2) is 5.82 Å². The van der Waals surface area contributed by atoms with Crippen LogP contribution in [0, 0.1) is 9.39 Å². The average Bonchev–Trinajstić information content (AvgIpc) is 2.59. The number of benzene rings is 1. The predicted octanol–water partition coefficient (Wildman–Crippen LogP) is 3.13.